The van der Waals surface area contributed by atoms with Gasteiger partial charge in [-0.3, -0.25) is 4.90 Å². The summed E-state index contributed by atoms with van der Waals surface area (Å²) in [6, 6.07) is 16.2. The topological polar surface area (TPSA) is 53.3 Å². The Kier molecular flexibility index (Phi) is 9.70. The number of hydrogen-bond donors (Lipinski definition) is 3. The molecule has 4 nitrogen and oxygen atoms in total. The molecule has 1 aliphatic heterocycles. The molecule has 2 aromatic rings. The predicted octanol–water partition coefficient (Wildman–Crippen LogP) is 5.88. The molecule has 4 rings (SSSR count). The number of benzene rings is 2. The van der Waals surface area contributed by atoms with E-state index in [0.717, 1.165) is 37.5 Å². The summed E-state index contributed by atoms with van der Waals surface area (Å²) in [7, 11) is 2.00. The largest absolute Gasteiger partial charge is 0.329 e. The third-order valence-electron chi connectivity index (χ3n) is 7.81. The number of nitrogens with two attached hydrogens (primary N) is 1. The summed E-state index contributed by atoms with van der Waals surface area (Å²) in [6.45, 7) is 3.58. The van der Waals surface area contributed by atoms with Crippen LogP contribution in [0.4, 0.5) is 0 Å². The average molecular weight is 504 g/mol. The van der Waals surface area contributed by atoms with Gasteiger partial charge in [0.1, 0.15) is 0 Å². The van der Waals surface area contributed by atoms with E-state index in [2.05, 4.69) is 45.9 Å². The lowest BCUT2D eigenvalue weighted by atomic mass is 9.79. The van der Waals surface area contributed by atoms with Crippen LogP contribution in [0.5, 0.6) is 0 Å². The normalized spacial score (nSPS) is 22.5. The molecule has 6 heteroatoms. The Morgan fingerprint density at radius 1 is 1.06 bits per heavy atom. The Morgan fingerprint density at radius 3 is 2.59 bits per heavy atom. The van der Waals surface area contributed by atoms with E-state index >= 15 is 0 Å². The van der Waals surface area contributed by atoms with Gasteiger partial charge in [-0.15, -0.1) is 0 Å². The van der Waals surface area contributed by atoms with Gasteiger partial charge in [0.05, 0.1) is 0 Å². The SMILES string of the molecule is CNC(CN)CCCN1Cc2ccccc2C(CNC2CCCCC2)C1c1ccc(Cl)cc1Cl. The number of nitrogens with one attached hydrogen (secondary N) is 2. The zero-order valence-electron chi connectivity index (χ0n) is 20.4. The lowest BCUT2D eigenvalue weighted by Gasteiger charge is -2.44. The number of rotatable bonds is 10. The highest BCUT2D eigenvalue weighted by Crippen LogP contribution is 2.45. The van der Waals surface area contributed by atoms with Gasteiger partial charge in [0.2, 0.25) is 0 Å². The first-order valence-corrected chi connectivity index (χ1v) is 13.7. The molecule has 186 valence electrons. The first-order chi connectivity index (χ1) is 16.6. The van der Waals surface area contributed by atoms with Crippen molar-refractivity contribution in [2.45, 2.75) is 75.5 Å². The fourth-order valence-electron chi connectivity index (χ4n) is 5.90. The zero-order chi connectivity index (χ0) is 23.9. The predicted molar refractivity (Wildman–Crippen MR) is 145 cm³/mol. The van der Waals surface area contributed by atoms with Crippen molar-refractivity contribution in [2.75, 3.05) is 26.7 Å². The summed E-state index contributed by atoms with van der Waals surface area (Å²) in [4.78, 5) is 2.63. The van der Waals surface area contributed by atoms with Crippen molar-refractivity contribution in [2.24, 2.45) is 5.73 Å². The van der Waals surface area contributed by atoms with Gasteiger partial charge in [-0.2, -0.15) is 0 Å². The highest BCUT2D eigenvalue weighted by Gasteiger charge is 2.37. The van der Waals surface area contributed by atoms with E-state index < -0.39 is 0 Å². The molecule has 0 saturated heterocycles. The van der Waals surface area contributed by atoms with Gasteiger partial charge in [0, 0.05) is 53.7 Å². The van der Waals surface area contributed by atoms with Gasteiger partial charge in [-0.05, 0) is 68.1 Å². The van der Waals surface area contributed by atoms with Gasteiger partial charge in [-0.1, -0.05) is 72.8 Å². The molecule has 4 N–H and O–H groups in total. The lowest BCUT2D eigenvalue weighted by molar-refractivity contribution is 0.136. The second-order valence-corrected chi connectivity index (χ2v) is 10.8. The van der Waals surface area contributed by atoms with Crippen LogP contribution in [0.15, 0.2) is 42.5 Å². The van der Waals surface area contributed by atoms with Crippen LogP contribution in [0.1, 0.15) is 73.6 Å². The minimum atomic E-state index is 0.210. The monoisotopic (exact) mass is 502 g/mol. The molecule has 1 aliphatic carbocycles. The Bertz CT molecular complexity index is 911. The van der Waals surface area contributed by atoms with E-state index in [1.165, 1.54) is 48.8 Å². The molecular formula is C28H40Cl2N4. The Balaban J connectivity index is 1.63. The van der Waals surface area contributed by atoms with Gasteiger partial charge >= 0.3 is 0 Å². The van der Waals surface area contributed by atoms with E-state index in [4.69, 9.17) is 28.9 Å². The van der Waals surface area contributed by atoms with Crippen LogP contribution in [0.2, 0.25) is 10.0 Å². The minimum absolute atomic E-state index is 0.210. The maximum Gasteiger partial charge on any atom is 0.0468 e. The molecule has 1 heterocycles. The fourth-order valence-corrected chi connectivity index (χ4v) is 6.42. The number of fused-ring (bicyclic) bond motifs is 1. The fraction of sp³-hybridized carbons (Fsp3) is 0.571. The molecule has 2 aliphatic rings. The van der Waals surface area contributed by atoms with Crippen LogP contribution >= 0.6 is 23.2 Å². The van der Waals surface area contributed by atoms with Crippen LogP contribution in [-0.4, -0.2) is 43.7 Å². The molecular weight excluding hydrogens is 463 g/mol. The summed E-state index contributed by atoms with van der Waals surface area (Å²) in [5.74, 6) is 0.333. The number of hydrogen-bond acceptors (Lipinski definition) is 4. The lowest BCUT2D eigenvalue weighted by Crippen LogP contribution is -2.44. The van der Waals surface area contributed by atoms with Crippen molar-refractivity contribution >= 4 is 23.2 Å². The highest BCUT2D eigenvalue weighted by molar-refractivity contribution is 6.35. The Hall–Kier alpha value is -1.14. The molecule has 0 radical (unpaired) electrons. The number of nitrogens with zero attached hydrogens (tertiary/aromatic N) is 1. The van der Waals surface area contributed by atoms with E-state index in [0.29, 0.717) is 29.6 Å². The molecule has 0 spiro atoms. The molecule has 0 bridgehead atoms. The van der Waals surface area contributed by atoms with Crippen molar-refractivity contribution in [1.82, 2.24) is 15.5 Å². The van der Waals surface area contributed by atoms with E-state index in [1.54, 1.807) is 0 Å². The molecule has 0 aromatic heterocycles. The van der Waals surface area contributed by atoms with Crippen molar-refractivity contribution in [3.05, 3.63) is 69.2 Å². The van der Waals surface area contributed by atoms with Gasteiger partial charge in [0.15, 0.2) is 0 Å². The molecule has 0 amide bonds. The van der Waals surface area contributed by atoms with Gasteiger partial charge in [-0.25, -0.2) is 0 Å². The third-order valence-corrected chi connectivity index (χ3v) is 8.37. The molecule has 34 heavy (non-hydrogen) atoms. The average Bonchev–Trinajstić information content (AvgIpc) is 2.86. The van der Waals surface area contributed by atoms with Crippen LogP contribution in [0.3, 0.4) is 0 Å². The second kappa shape index (κ2) is 12.7. The maximum atomic E-state index is 6.84. The van der Waals surface area contributed by atoms with Crippen molar-refractivity contribution < 1.29 is 0 Å². The maximum absolute atomic E-state index is 6.84. The first-order valence-electron chi connectivity index (χ1n) is 13.0. The van der Waals surface area contributed by atoms with Gasteiger partial charge < -0.3 is 16.4 Å². The Morgan fingerprint density at radius 2 is 1.85 bits per heavy atom. The summed E-state index contributed by atoms with van der Waals surface area (Å²) in [5.41, 5.74) is 10.0. The minimum Gasteiger partial charge on any atom is -0.329 e. The Labute approximate surface area is 215 Å². The van der Waals surface area contributed by atoms with Crippen molar-refractivity contribution in [3.63, 3.8) is 0 Å². The molecule has 2 aromatic carbocycles. The zero-order valence-corrected chi connectivity index (χ0v) is 21.9. The van der Waals surface area contributed by atoms with Gasteiger partial charge in [0.25, 0.3) is 0 Å². The first kappa shape index (κ1) is 25.9. The molecule has 1 saturated carbocycles. The highest BCUT2D eigenvalue weighted by atomic mass is 35.5. The smallest absolute Gasteiger partial charge is 0.0468 e. The van der Waals surface area contributed by atoms with Crippen molar-refractivity contribution in [1.29, 1.82) is 0 Å². The quantitative estimate of drug-likeness (QED) is 0.379. The van der Waals surface area contributed by atoms with Crippen LogP contribution in [0, 0.1) is 0 Å². The summed E-state index contributed by atoms with van der Waals surface area (Å²) in [6.07, 6.45) is 8.78. The van der Waals surface area contributed by atoms with Crippen LogP contribution in [0.25, 0.3) is 0 Å². The number of likely N-dealkylation sites (N-methyl/N-ethyl adjacent to an activating group) is 1. The summed E-state index contributed by atoms with van der Waals surface area (Å²) in [5, 5.41) is 8.74. The summed E-state index contributed by atoms with van der Waals surface area (Å²) < 4.78 is 0. The standard InChI is InChI=1S/C28H40Cl2N4/c1-32-23(17-31)11-7-15-34-19-20-8-5-6-12-24(20)26(18-33-22-9-3-2-4-10-22)28(34)25-14-13-21(29)16-27(25)30/h5-6,8,12-14,16,22-23,26,28,32-33H,2-4,7,9-11,15,17-19,31H2,1H3. The van der Waals surface area contributed by atoms with E-state index in [-0.39, 0.29) is 6.04 Å². The van der Waals surface area contributed by atoms with E-state index in [1.807, 2.05) is 19.2 Å². The van der Waals surface area contributed by atoms with Crippen molar-refractivity contribution in [3.8, 4) is 0 Å². The summed E-state index contributed by atoms with van der Waals surface area (Å²) >= 11 is 13.1. The second-order valence-electron chi connectivity index (χ2n) is 9.99. The van der Waals surface area contributed by atoms with Crippen LogP contribution in [-0.2, 0) is 6.54 Å². The molecule has 3 atom stereocenters. The molecule has 3 unspecified atom stereocenters. The molecule has 1 fully saturated rings. The van der Waals surface area contributed by atoms with Crippen LogP contribution < -0.4 is 16.4 Å². The number of halogens is 2. The van der Waals surface area contributed by atoms with E-state index in [9.17, 15) is 0 Å². The third kappa shape index (κ3) is 6.34.